The van der Waals surface area contributed by atoms with Gasteiger partial charge in [0, 0.05) is 24.5 Å². The van der Waals surface area contributed by atoms with Gasteiger partial charge in [-0.25, -0.2) is 0 Å². The summed E-state index contributed by atoms with van der Waals surface area (Å²) in [5.41, 5.74) is 2.12. The number of carbonyl (C=O) groups excluding carboxylic acids is 1. The average Bonchev–Trinajstić information content (AvgIpc) is 2.30. The maximum atomic E-state index is 11.3. The maximum Gasteiger partial charge on any atom is 0.157 e. The van der Waals surface area contributed by atoms with Gasteiger partial charge in [0.25, 0.3) is 0 Å². The van der Waals surface area contributed by atoms with E-state index in [-0.39, 0.29) is 5.78 Å². The highest BCUT2D eigenvalue weighted by atomic mass is 16.1. The van der Waals surface area contributed by atoms with Crippen molar-refractivity contribution in [3.05, 3.63) is 59.9 Å². The molecule has 0 aromatic heterocycles. The molecule has 2 rings (SSSR count). The molecule has 1 aliphatic rings. The van der Waals surface area contributed by atoms with Gasteiger partial charge in [-0.15, -0.1) is 0 Å². The molecule has 0 radical (unpaired) electrons. The van der Waals surface area contributed by atoms with Crippen LogP contribution in [0.3, 0.4) is 0 Å². The fourth-order valence-electron chi connectivity index (χ4n) is 1.74. The number of ketones is 1. The fourth-order valence-corrected chi connectivity index (χ4v) is 1.74. The number of allylic oxidation sites excluding steroid dienone is 2. The van der Waals surface area contributed by atoms with Crippen molar-refractivity contribution < 1.29 is 4.79 Å². The molecule has 82 valence electrons. The van der Waals surface area contributed by atoms with Crippen LogP contribution in [-0.4, -0.2) is 10.7 Å². The summed E-state index contributed by atoms with van der Waals surface area (Å²) in [5.74, 6) is 0.155. The van der Waals surface area contributed by atoms with E-state index < -0.39 is 0 Å². The van der Waals surface area contributed by atoms with Crippen LogP contribution in [0.15, 0.2) is 54.4 Å². The lowest BCUT2D eigenvalue weighted by molar-refractivity contribution is -0.113. The highest BCUT2D eigenvalue weighted by Gasteiger charge is 2.08. The van der Waals surface area contributed by atoms with Crippen LogP contribution < -0.4 is 0 Å². The van der Waals surface area contributed by atoms with Crippen LogP contribution in [0.1, 0.15) is 18.9 Å². The van der Waals surface area contributed by atoms with Gasteiger partial charge in [-0.1, -0.05) is 36.4 Å². The van der Waals surface area contributed by atoms with Crippen molar-refractivity contribution in [3.8, 4) is 0 Å². The zero-order chi connectivity index (χ0) is 11.4. The molecule has 0 atom stereocenters. The lowest BCUT2D eigenvalue weighted by Gasteiger charge is -2.20. The van der Waals surface area contributed by atoms with Crippen LogP contribution in [0.25, 0.3) is 0 Å². The highest BCUT2D eigenvalue weighted by Crippen LogP contribution is 2.15. The first-order valence-electron chi connectivity index (χ1n) is 5.43. The van der Waals surface area contributed by atoms with Crippen molar-refractivity contribution in [3.63, 3.8) is 0 Å². The molecule has 1 aromatic carbocycles. The Morgan fingerprint density at radius 3 is 2.75 bits per heavy atom. The minimum Gasteiger partial charge on any atom is -0.350 e. The Labute approximate surface area is 95.9 Å². The molecule has 0 saturated carbocycles. The van der Waals surface area contributed by atoms with Crippen LogP contribution in [-0.2, 0) is 11.3 Å². The number of benzene rings is 1. The Hall–Kier alpha value is -1.83. The van der Waals surface area contributed by atoms with Crippen LogP contribution in [0.5, 0.6) is 0 Å². The van der Waals surface area contributed by atoms with Crippen molar-refractivity contribution >= 4 is 5.78 Å². The lowest BCUT2D eigenvalue weighted by atomic mass is 10.1. The predicted molar refractivity (Wildman–Crippen MR) is 64.5 cm³/mol. The molecule has 0 N–H and O–H groups in total. The van der Waals surface area contributed by atoms with Gasteiger partial charge in [0.2, 0.25) is 0 Å². The van der Waals surface area contributed by atoms with Gasteiger partial charge in [0.15, 0.2) is 5.78 Å². The summed E-state index contributed by atoms with van der Waals surface area (Å²) in [6.45, 7) is 2.43. The number of nitrogens with zero attached hydrogens (tertiary/aromatic N) is 1. The van der Waals surface area contributed by atoms with Gasteiger partial charge >= 0.3 is 0 Å². The third kappa shape index (κ3) is 2.60. The summed E-state index contributed by atoms with van der Waals surface area (Å²) in [5, 5.41) is 0. The molecule has 0 unspecified atom stereocenters. The second-order valence-electron chi connectivity index (χ2n) is 3.96. The van der Waals surface area contributed by atoms with E-state index in [1.807, 2.05) is 36.7 Å². The Morgan fingerprint density at radius 1 is 1.31 bits per heavy atom. The number of Topliss-reactive ketones (excluding diaryl/α,β-unsaturated/α-hetero) is 1. The molecule has 0 fully saturated rings. The molecule has 0 aliphatic carbocycles. The fraction of sp³-hybridized carbons (Fsp3) is 0.214. The Balaban J connectivity index is 2.08. The maximum absolute atomic E-state index is 11.3. The van der Waals surface area contributed by atoms with Gasteiger partial charge in [0.05, 0.1) is 0 Å². The monoisotopic (exact) mass is 213 g/mol. The van der Waals surface area contributed by atoms with E-state index in [2.05, 4.69) is 17.0 Å². The van der Waals surface area contributed by atoms with Gasteiger partial charge in [-0.05, 0) is 18.9 Å². The van der Waals surface area contributed by atoms with Crippen LogP contribution >= 0.6 is 0 Å². The van der Waals surface area contributed by atoms with Crippen molar-refractivity contribution in [2.45, 2.75) is 19.9 Å². The van der Waals surface area contributed by atoms with Gasteiger partial charge in [-0.3, -0.25) is 4.79 Å². The molecule has 2 heteroatoms. The first-order valence-corrected chi connectivity index (χ1v) is 5.43. The number of hydrogen-bond acceptors (Lipinski definition) is 2. The SMILES string of the molecule is CC(=O)C1=CN(Cc2ccccc2)C=CC1. The molecule has 1 aromatic rings. The molecule has 0 bridgehead atoms. The molecule has 2 nitrogen and oxygen atoms in total. The Kier molecular flexibility index (Phi) is 3.20. The summed E-state index contributed by atoms with van der Waals surface area (Å²) in [6, 6.07) is 10.2. The number of hydrogen-bond donors (Lipinski definition) is 0. The quantitative estimate of drug-likeness (QED) is 0.769. The van der Waals surface area contributed by atoms with Crippen molar-refractivity contribution in [1.82, 2.24) is 4.90 Å². The molecule has 16 heavy (non-hydrogen) atoms. The molecular formula is C14H15NO. The van der Waals surface area contributed by atoms with Crippen LogP contribution in [0.2, 0.25) is 0 Å². The van der Waals surface area contributed by atoms with E-state index in [1.165, 1.54) is 5.56 Å². The molecule has 0 saturated heterocycles. The molecule has 0 amide bonds. The van der Waals surface area contributed by atoms with Crippen molar-refractivity contribution in [1.29, 1.82) is 0 Å². The van der Waals surface area contributed by atoms with E-state index in [1.54, 1.807) is 6.92 Å². The predicted octanol–water partition coefficient (Wildman–Crippen LogP) is 2.88. The molecule has 1 heterocycles. The van der Waals surface area contributed by atoms with E-state index in [0.717, 1.165) is 18.5 Å². The standard InChI is InChI=1S/C14H15NO/c1-12(16)14-8-5-9-15(11-14)10-13-6-3-2-4-7-13/h2-7,9,11H,8,10H2,1H3. The summed E-state index contributed by atoms with van der Waals surface area (Å²) in [6.07, 6.45) is 6.75. The van der Waals surface area contributed by atoms with Crippen LogP contribution in [0.4, 0.5) is 0 Å². The highest BCUT2D eigenvalue weighted by molar-refractivity contribution is 5.93. The van der Waals surface area contributed by atoms with Gasteiger partial charge < -0.3 is 4.90 Å². The second kappa shape index (κ2) is 4.79. The summed E-state index contributed by atoms with van der Waals surface area (Å²) in [4.78, 5) is 13.3. The molecule has 1 aliphatic heterocycles. The Bertz CT molecular complexity index is 431. The zero-order valence-electron chi connectivity index (χ0n) is 9.39. The normalized spacial score (nSPS) is 14.8. The summed E-state index contributed by atoms with van der Waals surface area (Å²) < 4.78 is 0. The van der Waals surface area contributed by atoms with Gasteiger partial charge in [0.1, 0.15) is 0 Å². The zero-order valence-corrected chi connectivity index (χ0v) is 9.39. The summed E-state index contributed by atoms with van der Waals surface area (Å²) >= 11 is 0. The second-order valence-corrected chi connectivity index (χ2v) is 3.96. The average molecular weight is 213 g/mol. The largest absolute Gasteiger partial charge is 0.350 e. The van der Waals surface area contributed by atoms with Gasteiger partial charge in [-0.2, -0.15) is 0 Å². The van der Waals surface area contributed by atoms with E-state index >= 15 is 0 Å². The lowest BCUT2D eigenvalue weighted by Crippen LogP contribution is -2.15. The third-order valence-electron chi connectivity index (χ3n) is 2.62. The minimum absolute atomic E-state index is 0.155. The Morgan fingerprint density at radius 2 is 2.06 bits per heavy atom. The van der Waals surface area contributed by atoms with Crippen LogP contribution in [0, 0.1) is 0 Å². The minimum atomic E-state index is 0.155. The van der Waals surface area contributed by atoms with E-state index in [9.17, 15) is 4.79 Å². The summed E-state index contributed by atoms with van der Waals surface area (Å²) in [7, 11) is 0. The molecule has 0 spiro atoms. The third-order valence-corrected chi connectivity index (χ3v) is 2.62. The number of rotatable bonds is 3. The first kappa shape index (κ1) is 10.7. The van der Waals surface area contributed by atoms with Crippen molar-refractivity contribution in [2.75, 3.05) is 0 Å². The smallest absolute Gasteiger partial charge is 0.157 e. The van der Waals surface area contributed by atoms with E-state index in [4.69, 9.17) is 0 Å². The topological polar surface area (TPSA) is 20.3 Å². The molecular weight excluding hydrogens is 198 g/mol. The van der Waals surface area contributed by atoms with E-state index in [0.29, 0.717) is 0 Å². The van der Waals surface area contributed by atoms with Crippen molar-refractivity contribution in [2.24, 2.45) is 0 Å². The number of carbonyl (C=O) groups is 1. The first-order chi connectivity index (χ1) is 7.75.